The van der Waals surface area contributed by atoms with Gasteiger partial charge in [-0.3, -0.25) is 0 Å². The molecule has 0 aromatic rings. The van der Waals surface area contributed by atoms with Gasteiger partial charge in [0.1, 0.15) is 0 Å². The number of unbranched alkanes of at least 4 members (excludes halogenated alkanes) is 8. The highest BCUT2D eigenvalue weighted by atomic mass is 16.2. The maximum absolute atomic E-state index is 12.1. The van der Waals surface area contributed by atoms with Crippen molar-refractivity contribution in [2.75, 3.05) is 6.54 Å². The van der Waals surface area contributed by atoms with Crippen LogP contribution >= 0.6 is 0 Å². The van der Waals surface area contributed by atoms with E-state index < -0.39 is 0 Å². The zero-order valence-corrected chi connectivity index (χ0v) is 16.3. The predicted octanol–water partition coefficient (Wildman–Crippen LogP) is 6.18. The highest BCUT2D eigenvalue weighted by molar-refractivity contribution is 5.74. The van der Waals surface area contributed by atoms with Crippen LogP contribution in [-0.4, -0.2) is 18.1 Å². The molecule has 1 unspecified atom stereocenters. The SMILES string of the molecule is CCCCCCCC(C)(CCCCCC)NC(=O)NCCCC. The van der Waals surface area contributed by atoms with Gasteiger partial charge in [0.05, 0.1) is 0 Å². The second-order valence-electron chi connectivity index (χ2n) is 7.27. The second kappa shape index (κ2) is 14.8. The Morgan fingerprint density at radius 2 is 1.22 bits per heavy atom. The molecule has 0 rings (SSSR count). The molecule has 0 aliphatic rings. The maximum atomic E-state index is 12.1. The fourth-order valence-corrected chi connectivity index (χ4v) is 3.01. The summed E-state index contributed by atoms with van der Waals surface area (Å²) in [6, 6.07) is 0.0185. The molecule has 0 radical (unpaired) electrons. The van der Waals surface area contributed by atoms with E-state index in [4.69, 9.17) is 0 Å². The van der Waals surface area contributed by atoms with Crippen LogP contribution in [0.3, 0.4) is 0 Å². The van der Waals surface area contributed by atoms with Gasteiger partial charge in [-0.15, -0.1) is 0 Å². The summed E-state index contributed by atoms with van der Waals surface area (Å²) in [5.41, 5.74) is -0.0454. The van der Waals surface area contributed by atoms with Crippen LogP contribution in [0.5, 0.6) is 0 Å². The summed E-state index contributed by atoms with van der Waals surface area (Å²) in [6.45, 7) is 9.66. The Morgan fingerprint density at radius 1 is 0.739 bits per heavy atom. The van der Waals surface area contributed by atoms with Crippen molar-refractivity contribution < 1.29 is 4.79 Å². The van der Waals surface area contributed by atoms with Gasteiger partial charge in [-0.25, -0.2) is 4.79 Å². The summed E-state index contributed by atoms with van der Waals surface area (Å²) in [5.74, 6) is 0. The molecular weight excluding hydrogens is 284 g/mol. The summed E-state index contributed by atoms with van der Waals surface area (Å²) in [6.07, 6.45) is 15.9. The van der Waals surface area contributed by atoms with Crippen LogP contribution in [0.15, 0.2) is 0 Å². The van der Waals surface area contributed by atoms with Crippen LogP contribution < -0.4 is 10.6 Å². The number of nitrogens with one attached hydrogen (secondary N) is 2. The van der Waals surface area contributed by atoms with Gasteiger partial charge in [0.2, 0.25) is 0 Å². The van der Waals surface area contributed by atoms with Crippen molar-refractivity contribution in [3.63, 3.8) is 0 Å². The zero-order chi connectivity index (χ0) is 17.4. The van der Waals surface area contributed by atoms with Gasteiger partial charge in [0, 0.05) is 12.1 Å². The second-order valence-corrected chi connectivity index (χ2v) is 7.27. The molecule has 0 heterocycles. The third-order valence-corrected chi connectivity index (χ3v) is 4.65. The molecule has 2 N–H and O–H groups in total. The van der Waals surface area contributed by atoms with Crippen molar-refractivity contribution in [2.24, 2.45) is 0 Å². The topological polar surface area (TPSA) is 41.1 Å². The fourth-order valence-electron chi connectivity index (χ4n) is 3.01. The van der Waals surface area contributed by atoms with Crippen LogP contribution in [0.4, 0.5) is 4.79 Å². The number of hydrogen-bond acceptors (Lipinski definition) is 1. The van der Waals surface area contributed by atoms with Gasteiger partial charge < -0.3 is 10.6 Å². The molecule has 3 nitrogen and oxygen atoms in total. The molecular formula is C20H42N2O. The Kier molecular flexibility index (Phi) is 14.4. The fraction of sp³-hybridized carbons (Fsp3) is 0.950. The van der Waals surface area contributed by atoms with Crippen molar-refractivity contribution in [2.45, 2.75) is 117 Å². The van der Waals surface area contributed by atoms with E-state index >= 15 is 0 Å². The molecule has 2 amide bonds. The summed E-state index contributed by atoms with van der Waals surface area (Å²) in [7, 11) is 0. The number of amides is 2. The molecule has 0 aromatic heterocycles. The number of carbonyl (C=O) groups excluding carboxylic acids is 1. The number of urea groups is 1. The van der Waals surface area contributed by atoms with Crippen LogP contribution in [0.2, 0.25) is 0 Å². The summed E-state index contributed by atoms with van der Waals surface area (Å²) in [4.78, 5) is 12.1. The lowest BCUT2D eigenvalue weighted by atomic mass is 9.88. The van der Waals surface area contributed by atoms with E-state index in [0.717, 1.165) is 32.2 Å². The van der Waals surface area contributed by atoms with E-state index in [0.29, 0.717) is 0 Å². The molecule has 0 aliphatic carbocycles. The van der Waals surface area contributed by atoms with Crippen LogP contribution in [0.1, 0.15) is 111 Å². The van der Waals surface area contributed by atoms with Crippen molar-refractivity contribution in [3.8, 4) is 0 Å². The Labute approximate surface area is 145 Å². The lowest BCUT2D eigenvalue weighted by Gasteiger charge is -2.31. The first-order valence-corrected chi connectivity index (χ1v) is 10.1. The predicted molar refractivity (Wildman–Crippen MR) is 102 cm³/mol. The molecule has 23 heavy (non-hydrogen) atoms. The average Bonchev–Trinajstić information content (AvgIpc) is 2.52. The number of rotatable bonds is 15. The smallest absolute Gasteiger partial charge is 0.315 e. The summed E-state index contributed by atoms with van der Waals surface area (Å²) < 4.78 is 0. The molecule has 0 aromatic carbocycles. The molecule has 3 heteroatoms. The van der Waals surface area contributed by atoms with Gasteiger partial charge in [-0.05, 0) is 26.2 Å². The first kappa shape index (κ1) is 22.3. The van der Waals surface area contributed by atoms with Gasteiger partial charge in [0.25, 0.3) is 0 Å². The van der Waals surface area contributed by atoms with E-state index in [1.165, 1.54) is 57.8 Å². The Bertz CT molecular complexity index is 281. The van der Waals surface area contributed by atoms with Gasteiger partial charge in [-0.2, -0.15) is 0 Å². The minimum Gasteiger partial charge on any atom is -0.338 e. The van der Waals surface area contributed by atoms with Crippen molar-refractivity contribution >= 4 is 6.03 Å². The Morgan fingerprint density at radius 3 is 1.74 bits per heavy atom. The first-order chi connectivity index (χ1) is 11.1. The molecule has 138 valence electrons. The van der Waals surface area contributed by atoms with Crippen LogP contribution in [0, 0.1) is 0 Å². The molecule has 0 bridgehead atoms. The Hall–Kier alpha value is -0.730. The van der Waals surface area contributed by atoms with Gasteiger partial charge in [0.15, 0.2) is 0 Å². The number of carbonyl (C=O) groups is 1. The number of hydrogen-bond donors (Lipinski definition) is 2. The highest BCUT2D eigenvalue weighted by Gasteiger charge is 2.25. The third-order valence-electron chi connectivity index (χ3n) is 4.65. The van der Waals surface area contributed by atoms with Crippen molar-refractivity contribution in [1.82, 2.24) is 10.6 Å². The molecule has 0 spiro atoms. The summed E-state index contributed by atoms with van der Waals surface area (Å²) in [5, 5.41) is 6.27. The minimum absolute atomic E-state index is 0.0185. The van der Waals surface area contributed by atoms with E-state index in [1.54, 1.807) is 0 Å². The monoisotopic (exact) mass is 326 g/mol. The zero-order valence-electron chi connectivity index (χ0n) is 16.3. The van der Waals surface area contributed by atoms with E-state index in [9.17, 15) is 4.79 Å². The lowest BCUT2D eigenvalue weighted by molar-refractivity contribution is 0.218. The van der Waals surface area contributed by atoms with Crippen molar-refractivity contribution in [1.29, 1.82) is 0 Å². The Balaban J connectivity index is 4.25. The van der Waals surface area contributed by atoms with E-state index in [-0.39, 0.29) is 11.6 Å². The van der Waals surface area contributed by atoms with Crippen LogP contribution in [0.25, 0.3) is 0 Å². The normalized spacial score (nSPS) is 13.6. The lowest BCUT2D eigenvalue weighted by Crippen LogP contribution is -2.50. The average molecular weight is 327 g/mol. The van der Waals surface area contributed by atoms with Gasteiger partial charge in [-0.1, -0.05) is 85.0 Å². The quantitative estimate of drug-likeness (QED) is 0.347. The molecule has 0 saturated heterocycles. The van der Waals surface area contributed by atoms with E-state index in [2.05, 4.69) is 38.3 Å². The van der Waals surface area contributed by atoms with Gasteiger partial charge >= 0.3 is 6.03 Å². The minimum atomic E-state index is -0.0454. The van der Waals surface area contributed by atoms with E-state index in [1.807, 2.05) is 0 Å². The largest absolute Gasteiger partial charge is 0.338 e. The van der Waals surface area contributed by atoms with Crippen LogP contribution in [-0.2, 0) is 0 Å². The molecule has 1 atom stereocenters. The maximum Gasteiger partial charge on any atom is 0.315 e. The summed E-state index contributed by atoms with van der Waals surface area (Å²) >= 11 is 0. The molecule has 0 aliphatic heterocycles. The highest BCUT2D eigenvalue weighted by Crippen LogP contribution is 2.23. The first-order valence-electron chi connectivity index (χ1n) is 10.1. The molecule has 0 saturated carbocycles. The molecule has 0 fully saturated rings. The third kappa shape index (κ3) is 13.4. The van der Waals surface area contributed by atoms with Crippen molar-refractivity contribution in [3.05, 3.63) is 0 Å². The standard InChI is InChI=1S/C20H42N2O/c1-5-8-11-13-15-17-20(4,16-14-12-9-6-2)22-19(23)21-18-10-7-3/h5-18H2,1-4H3,(H2,21,22,23).